The molecule has 2 aromatic rings. The molecule has 2 aromatic carbocycles. The first-order valence-corrected chi connectivity index (χ1v) is 5.60. The zero-order valence-corrected chi connectivity index (χ0v) is 10.1. The summed E-state index contributed by atoms with van der Waals surface area (Å²) in [5.74, 6) is -3.18. The maximum atomic E-state index is 13.7. The van der Waals surface area contributed by atoms with Gasteiger partial charge in [-0.1, -0.05) is 12.1 Å². The number of hydrogen-bond acceptors (Lipinski definition) is 1. The third-order valence-corrected chi connectivity index (χ3v) is 2.85. The minimum Gasteiger partial charge on any atom is -0.309 e. The van der Waals surface area contributed by atoms with Gasteiger partial charge in [0, 0.05) is 17.2 Å². The Morgan fingerprint density at radius 1 is 0.895 bits per heavy atom. The van der Waals surface area contributed by atoms with Gasteiger partial charge in [0.05, 0.1) is 6.04 Å². The summed E-state index contributed by atoms with van der Waals surface area (Å²) in [6.07, 6.45) is 0. The second-order valence-electron chi connectivity index (χ2n) is 4.02. The first kappa shape index (κ1) is 13.5. The predicted molar refractivity (Wildman–Crippen MR) is 63.6 cm³/mol. The van der Waals surface area contributed by atoms with Crippen molar-refractivity contribution in [3.05, 3.63) is 70.8 Å². The van der Waals surface area contributed by atoms with Gasteiger partial charge in [0.2, 0.25) is 0 Å². The van der Waals surface area contributed by atoms with Crippen LogP contribution in [0.5, 0.6) is 0 Å². The molecule has 19 heavy (non-hydrogen) atoms. The molecule has 1 atom stereocenters. The van der Waals surface area contributed by atoms with Crippen molar-refractivity contribution >= 4 is 0 Å². The Hall–Kier alpha value is -1.88. The van der Waals surface area contributed by atoms with Gasteiger partial charge in [-0.3, -0.25) is 0 Å². The highest BCUT2D eigenvalue weighted by Crippen LogP contribution is 2.28. The number of rotatable bonds is 3. The van der Waals surface area contributed by atoms with Crippen molar-refractivity contribution in [3.8, 4) is 0 Å². The van der Waals surface area contributed by atoms with E-state index >= 15 is 0 Å². The van der Waals surface area contributed by atoms with Crippen LogP contribution in [0.1, 0.15) is 17.2 Å². The molecule has 0 aliphatic carbocycles. The third-order valence-electron chi connectivity index (χ3n) is 2.85. The minimum atomic E-state index is -1.03. The summed E-state index contributed by atoms with van der Waals surface area (Å²) >= 11 is 0. The van der Waals surface area contributed by atoms with Crippen LogP contribution in [0.3, 0.4) is 0 Å². The minimum absolute atomic E-state index is 0.0205. The van der Waals surface area contributed by atoms with E-state index in [4.69, 9.17) is 0 Å². The number of nitrogens with one attached hydrogen (secondary N) is 1. The van der Waals surface area contributed by atoms with E-state index in [9.17, 15) is 17.6 Å². The van der Waals surface area contributed by atoms with Crippen molar-refractivity contribution in [2.45, 2.75) is 6.04 Å². The normalized spacial score (nSPS) is 12.5. The van der Waals surface area contributed by atoms with Crippen molar-refractivity contribution in [1.82, 2.24) is 5.32 Å². The quantitative estimate of drug-likeness (QED) is 0.840. The van der Waals surface area contributed by atoms with Gasteiger partial charge in [0.1, 0.15) is 23.3 Å². The second kappa shape index (κ2) is 5.40. The van der Waals surface area contributed by atoms with E-state index in [0.717, 1.165) is 24.3 Å². The predicted octanol–water partition coefficient (Wildman–Crippen LogP) is 3.55. The summed E-state index contributed by atoms with van der Waals surface area (Å²) in [7, 11) is 1.44. The smallest absolute Gasteiger partial charge is 0.131 e. The molecule has 2 rings (SSSR count). The molecule has 0 aromatic heterocycles. The third kappa shape index (κ3) is 2.61. The van der Waals surface area contributed by atoms with Crippen LogP contribution in [0.4, 0.5) is 17.6 Å². The number of benzene rings is 2. The van der Waals surface area contributed by atoms with E-state index in [0.29, 0.717) is 6.07 Å². The molecule has 0 amide bonds. The Kier molecular flexibility index (Phi) is 3.85. The molecule has 0 saturated heterocycles. The molecule has 0 saturated carbocycles. The Morgan fingerprint density at radius 3 is 2.05 bits per heavy atom. The van der Waals surface area contributed by atoms with Crippen LogP contribution in [0.25, 0.3) is 0 Å². The monoisotopic (exact) mass is 269 g/mol. The zero-order valence-electron chi connectivity index (χ0n) is 10.1. The highest BCUT2D eigenvalue weighted by molar-refractivity contribution is 5.34. The standard InChI is InChI=1S/C14H11F4N/c1-19-14(9-6-5-8(15)7-12(9)18)13-10(16)3-2-4-11(13)17/h2-7,14,19H,1H3. The van der Waals surface area contributed by atoms with Gasteiger partial charge in [-0.15, -0.1) is 0 Å². The van der Waals surface area contributed by atoms with Crippen LogP contribution in [0.2, 0.25) is 0 Å². The molecule has 0 heterocycles. The van der Waals surface area contributed by atoms with Crippen LogP contribution in [0, 0.1) is 23.3 Å². The summed E-state index contributed by atoms with van der Waals surface area (Å²) in [5.41, 5.74) is -0.316. The van der Waals surface area contributed by atoms with Gasteiger partial charge in [0.25, 0.3) is 0 Å². The van der Waals surface area contributed by atoms with Crippen LogP contribution in [0.15, 0.2) is 36.4 Å². The number of halogens is 4. The molecule has 100 valence electrons. The topological polar surface area (TPSA) is 12.0 Å². The Balaban J connectivity index is 2.56. The fourth-order valence-corrected chi connectivity index (χ4v) is 1.98. The van der Waals surface area contributed by atoms with Crippen LogP contribution in [-0.2, 0) is 0 Å². The van der Waals surface area contributed by atoms with Crippen molar-refractivity contribution in [1.29, 1.82) is 0 Å². The fourth-order valence-electron chi connectivity index (χ4n) is 1.98. The SMILES string of the molecule is CNC(c1ccc(F)cc1F)c1c(F)cccc1F. The van der Waals surface area contributed by atoms with E-state index < -0.39 is 29.3 Å². The largest absolute Gasteiger partial charge is 0.309 e. The maximum Gasteiger partial charge on any atom is 0.131 e. The summed E-state index contributed by atoms with van der Waals surface area (Å²) in [6, 6.07) is 5.26. The Morgan fingerprint density at radius 2 is 1.53 bits per heavy atom. The van der Waals surface area contributed by atoms with Gasteiger partial charge in [-0.05, 0) is 25.2 Å². The lowest BCUT2D eigenvalue weighted by molar-refractivity contribution is 0.504. The van der Waals surface area contributed by atoms with Gasteiger partial charge in [-0.2, -0.15) is 0 Å². The Labute approximate surface area is 107 Å². The molecule has 0 radical (unpaired) electrons. The summed E-state index contributed by atoms with van der Waals surface area (Å²) < 4.78 is 54.0. The molecule has 1 unspecified atom stereocenters. The van der Waals surface area contributed by atoms with Gasteiger partial charge >= 0.3 is 0 Å². The Bertz CT molecular complexity index is 578. The fraction of sp³-hybridized carbons (Fsp3) is 0.143. The molecule has 0 bridgehead atoms. The highest BCUT2D eigenvalue weighted by Gasteiger charge is 2.23. The van der Waals surface area contributed by atoms with E-state index in [2.05, 4.69) is 5.32 Å². The number of hydrogen-bond donors (Lipinski definition) is 1. The van der Waals surface area contributed by atoms with Crippen LogP contribution >= 0.6 is 0 Å². The molecular weight excluding hydrogens is 258 g/mol. The lowest BCUT2D eigenvalue weighted by Gasteiger charge is -2.19. The van der Waals surface area contributed by atoms with Crippen molar-refractivity contribution in [2.75, 3.05) is 7.05 Å². The van der Waals surface area contributed by atoms with E-state index in [1.165, 1.54) is 13.1 Å². The van der Waals surface area contributed by atoms with Crippen molar-refractivity contribution < 1.29 is 17.6 Å². The van der Waals surface area contributed by atoms with E-state index in [1.54, 1.807) is 0 Å². The molecule has 0 fully saturated rings. The van der Waals surface area contributed by atoms with Crippen molar-refractivity contribution in [2.24, 2.45) is 0 Å². The molecular formula is C14H11F4N. The zero-order chi connectivity index (χ0) is 14.0. The molecule has 5 heteroatoms. The summed E-state index contributed by atoms with van der Waals surface area (Å²) in [4.78, 5) is 0. The molecule has 1 N–H and O–H groups in total. The summed E-state index contributed by atoms with van der Waals surface area (Å²) in [6.45, 7) is 0. The average molecular weight is 269 g/mol. The van der Waals surface area contributed by atoms with E-state index in [-0.39, 0.29) is 11.1 Å². The van der Waals surface area contributed by atoms with Crippen LogP contribution in [-0.4, -0.2) is 7.05 Å². The average Bonchev–Trinajstić information content (AvgIpc) is 2.35. The van der Waals surface area contributed by atoms with Gasteiger partial charge in [-0.25, -0.2) is 17.6 Å². The highest BCUT2D eigenvalue weighted by atomic mass is 19.1. The van der Waals surface area contributed by atoms with Crippen molar-refractivity contribution in [3.63, 3.8) is 0 Å². The van der Waals surface area contributed by atoms with Gasteiger partial charge < -0.3 is 5.32 Å². The van der Waals surface area contributed by atoms with Crippen LogP contribution < -0.4 is 5.32 Å². The van der Waals surface area contributed by atoms with Gasteiger partial charge in [0.15, 0.2) is 0 Å². The maximum absolute atomic E-state index is 13.7. The molecule has 1 nitrogen and oxygen atoms in total. The lowest BCUT2D eigenvalue weighted by Crippen LogP contribution is -2.21. The first-order chi connectivity index (χ1) is 9.04. The summed E-state index contributed by atoms with van der Waals surface area (Å²) in [5, 5.41) is 2.63. The second-order valence-corrected chi connectivity index (χ2v) is 4.02. The van der Waals surface area contributed by atoms with E-state index in [1.807, 2.05) is 0 Å². The molecule has 0 aliphatic heterocycles. The first-order valence-electron chi connectivity index (χ1n) is 5.60. The lowest BCUT2D eigenvalue weighted by atomic mass is 9.97. The molecule has 0 spiro atoms. The molecule has 0 aliphatic rings.